The number of rotatable bonds is 3. The second kappa shape index (κ2) is 6.02. The lowest BCUT2D eigenvalue weighted by Gasteiger charge is -2.35. The van der Waals surface area contributed by atoms with Crippen LogP contribution in [0, 0.1) is 5.92 Å². The van der Waals surface area contributed by atoms with Crippen LogP contribution in [0.3, 0.4) is 0 Å². The van der Waals surface area contributed by atoms with Gasteiger partial charge >= 0.3 is 0 Å². The Morgan fingerprint density at radius 1 is 1.32 bits per heavy atom. The van der Waals surface area contributed by atoms with Crippen LogP contribution in [0.2, 0.25) is 0 Å². The highest BCUT2D eigenvalue weighted by atomic mass is 16.2. The molecule has 1 saturated heterocycles. The van der Waals surface area contributed by atoms with Crippen molar-refractivity contribution in [3.05, 3.63) is 34.2 Å². The van der Waals surface area contributed by atoms with E-state index in [9.17, 15) is 9.59 Å². The number of H-pyrrole nitrogens is 1. The molecule has 5 heteroatoms. The van der Waals surface area contributed by atoms with E-state index in [1.807, 2.05) is 4.90 Å². The first kappa shape index (κ1) is 13.8. The summed E-state index contributed by atoms with van der Waals surface area (Å²) < 4.78 is 0. The molecule has 1 aliphatic rings. The van der Waals surface area contributed by atoms with Gasteiger partial charge in [0.15, 0.2) is 0 Å². The van der Waals surface area contributed by atoms with E-state index < -0.39 is 0 Å². The van der Waals surface area contributed by atoms with Crippen LogP contribution in [0.15, 0.2) is 23.1 Å². The van der Waals surface area contributed by atoms with Gasteiger partial charge in [-0.2, -0.15) is 0 Å². The number of hydrogen-bond donors (Lipinski definition) is 1. The molecule has 1 aliphatic heterocycles. The third-order valence-electron chi connectivity index (χ3n) is 3.30. The summed E-state index contributed by atoms with van der Waals surface area (Å²) in [5, 5.41) is 0. The van der Waals surface area contributed by atoms with Crippen molar-refractivity contribution in [2.75, 3.05) is 32.7 Å². The van der Waals surface area contributed by atoms with Gasteiger partial charge in [0, 0.05) is 50.6 Å². The zero-order valence-corrected chi connectivity index (χ0v) is 11.6. The van der Waals surface area contributed by atoms with E-state index in [2.05, 4.69) is 23.7 Å². The number of carbonyl (C=O) groups excluding carboxylic acids is 1. The number of piperazine rings is 1. The monoisotopic (exact) mass is 263 g/mol. The van der Waals surface area contributed by atoms with Crippen LogP contribution >= 0.6 is 0 Å². The van der Waals surface area contributed by atoms with Gasteiger partial charge < -0.3 is 9.88 Å². The quantitative estimate of drug-likeness (QED) is 0.877. The van der Waals surface area contributed by atoms with E-state index in [0.717, 1.165) is 32.7 Å². The normalized spacial score (nSPS) is 16.9. The molecule has 0 aromatic carbocycles. The molecule has 5 nitrogen and oxygen atoms in total. The second-order valence-corrected chi connectivity index (χ2v) is 5.43. The predicted molar refractivity (Wildman–Crippen MR) is 74.2 cm³/mol. The van der Waals surface area contributed by atoms with Crippen LogP contribution in [-0.2, 0) is 0 Å². The van der Waals surface area contributed by atoms with Gasteiger partial charge in [0.05, 0.1) is 0 Å². The third kappa shape index (κ3) is 3.67. The van der Waals surface area contributed by atoms with Crippen LogP contribution in [0.4, 0.5) is 0 Å². The molecule has 0 spiro atoms. The molecule has 0 radical (unpaired) electrons. The molecule has 19 heavy (non-hydrogen) atoms. The number of carbonyl (C=O) groups is 1. The maximum atomic E-state index is 12.2. The van der Waals surface area contributed by atoms with Gasteiger partial charge in [0.1, 0.15) is 0 Å². The summed E-state index contributed by atoms with van der Waals surface area (Å²) in [7, 11) is 0. The molecule has 2 heterocycles. The van der Waals surface area contributed by atoms with Crippen LogP contribution in [0.5, 0.6) is 0 Å². The summed E-state index contributed by atoms with van der Waals surface area (Å²) in [6.45, 7) is 8.77. The molecule has 2 rings (SSSR count). The summed E-state index contributed by atoms with van der Waals surface area (Å²) in [4.78, 5) is 30.2. The van der Waals surface area contributed by atoms with Crippen molar-refractivity contribution in [2.45, 2.75) is 13.8 Å². The van der Waals surface area contributed by atoms with Crippen molar-refractivity contribution < 1.29 is 4.79 Å². The summed E-state index contributed by atoms with van der Waals surface area (Å²) in [5.74, 6) is 0.602. The maximum Gasteiger partial charge on any atom is 0.254 e. The van der Waals surface area contributed by atoms with Crippen molar-refractivity contribution in [1.82, 2.24) is 14.8 Å². The number of hydrogen-bond acceptors (Lipinski definition) is 3. The summed E-state index contributed by atoms with van der Waals surface area (Å²) in [6, 6.07) is 3.02. The molecule has 1 amide bonds. The molecule has 0 saturated carbocycles. The molecule has 0 bridgehead atoms. The lowest BCUT2D eigenvalue weighted by Crippen LogP contribution is -2.49. The summed E-state index contributed by atoms with van der Waals surface area (Å²) >= 11 is 0. The lowest BCUT2D eigenvalue weighted by molar-refractivity contribution is 0.0623. The average molecular weight is 263 g/mol. The third-order valence-corrected chi connectivity index (χ3v) is 3.30. The standard InChI is InChI=1S/C14H21N3O2/c1-11(2)10-16-5-7-17(8-6-16)14(19)12-3-4-15-13(18)9-12/h3-4,9,11H,5-8,10H2,1-2H3,(H,15,18). The summed E-state index contributed by atoms with van der Waals surface area (Å²) in [6.07, 6.45) is 1.52. The zero-order chi connectivity index (χ0) is 13.8. The van der Waals surface area contributed by atoms with Gasteiger partial charge in [-0.25, -0.2) is 0 Å². The minimum Gasteiger partial charge on any atom is -0.336 e. The van der Waals surface area contributed by atoms with E-state index >= 15 is 0 Å². The molecule has 1 fully saturated rings. The Kier molecular flexibility index (Phi) is 4.37. The number of nitrogens with one attached hydrogen (secondary N) is 1. The topological polar surface area (TPSA) is 56.4 Å². The highest BCUT2D eigenvalue weighted by Gasteiger charge is 2.22. The molecule has 1 aromatic rings. The van der Waals surface area contributed by atoms with Gasteiger partial charge in [-0.3, -0.25) is 14.5 Å². The fraction of sp³-hybridized carbons (Fsp3) is 0.571. The molecule has 0 atom stereocenters. The fourth-order valence-electron chi connectivity index (χ4n) is 2.41. The molecule has 0 aliphatic carbocycles. The number of nitrogens with zero attached hydrogens (tertiary/aromatic N) is 2. The van der Waals surface area contributed by atoms with E-state index in [-0.39, 0.29) is 11.5 Å². The van der Waals surface area contributed by atoms with Gasteiger partial charge in [0.25, 0.3) is 5.91 Å². The Morgan fingerprint density at radius 3 is 2.58 bits per heavy atom. The average Bonchev–Trinajstić information content (AvgIpc) is 2.38. The van der Waals surface area contributed by atoms with Gasteiger partial charge in [-0.1, -0.05) is 13.8 Å². The van der Waals surface area contributed by atoms with Gasteiger partial charge in [-0.15, -0.1) is 0 Å². The molecule has 1 aromatic heterocycles. The van der Waals surface area contributed by atoms with Crippen molar-refractivity contribution in [1.29, 1.82) is 0 Å². The highest BCUT2D eigenvalue weighted by molar-refractivity contribution is 5.94. The second-order valence-electron chi connectivity index (χ2n) is 5.43. The molecule has 0 unspecified atom stereocenters. The molecule has 1 N–H and O–H groups in total. The fourth-order valence-corrected chi connectivity index (χ4v) is 2.41. The minimum atomic E-state index is -0.232. The smallest absolute Gasteiger partial charge is 0.254 e. The van der Waals surface area contributed by atoms with Crippen LogP contribution < -0.4 is 5.56 Å². The van der Waals surface area contributed by atoms with E-state index in [0.29, 0.717) is 11.5 Å². The van der Waals surface area contributed by atoms with E-state index in [4.69, 9.17) is 0 Å². The first-order valence-corrected chi connectivity index (χ1v) is 6.76. The van der Waals surface area contributed by atoms with Gasteiger partial charge in [0.2, 0.25) is 5.56 Å². The largest absolute Gasteiger partial charge is 0.336 e. The number of pyridine rings is 1. The Morgan fingerprint density at radius 2 is 2.00 bits per heavy atom. The predicted octanol–water partition coefficient (Wildman–Crippen LogP) is 0.789. The Balaban J connectivity index is 1.94. The number of amides is 1. The summed E-state index contributed by atoms with van der Waals surface area (Å²) in [5.41, 5.74) is 0.241. The first-order valence-electron chi connectivity index (χ1n) is 6.76. The van der Waals surface area contributed by atoms with Crippen LogP contribution in [0.1, 0.15) is 24.2 Å². The van der Waals surface area contributed by atoms with Crippen molar-refractivity contribution in [2.24, 2.45) is 5.92 Å². The lowest BCUT2D eigenvalue weighted by atomic mass is 10.1. The zero-order valence-electron chi connectivity index (χ0n) is 11.6. The minimum absolute atomic E-state index is 0.0460. The Hall–Kier alpha value is -1.62. The maximum absolute atomic E-state index is 12.2. The molecule has 104 valence electrons. The Bertz CT molecular complexity index is 487. The van der Waals surface area contributed by atoms with Gasteiger partial charge in [-0.05, 0) is 12.0 Å². The molecular formula is C14H21N3O2. The van der Waals surface area contributed by atoms with E-state index in [1.165, 1.54) is 12.3 Å². The van der Waals surface area contributed by atoms with Crippen molar-refractivity contribution in [3.8, 4) is 0 Å². The van der Waals surface area contributed by atoms with Crippen molar-refractivity contribution >= 4 is 5.91 Å². The molecular weight excluding hydrogens is 242 g/mol. The number of aromatic nitrogens is 1. The van der Waals surface area contributed by atoms with Crippen LogP contribution in [0.25, 0.3) is 0 Å². The van der Waals surface area contributed by atoms with Crippen LogP contribution in [-0.4, -0.2) is 53.4 Å². The first-order chi connectivity index (χ1) is 9.06. The van der Waals surface area contributed by atoms with E-state index in [1.54, 1.807) is 6.07 Å². The number of aromatic amines is 1. The highest BCUT2D eigenvalue weighted by Crippen LogP contribution is 2.08. The SMILES string of the molecule is CC(C)CN1CCN(C(=O)c2cc[nH]c(=O)c2)CC1. The van der Waals surface area contributed by atoms with Crippen molar-refractivity contribution in [3.63, 3.8) is 0 Å². The Labute approximate surface area is 113 Å².